The van der Waals surface area contributed by atoms with Crippen LogP contribution >= 0.6 is 22.9 Å². The van der Waals surface area contributed by atoms with E-state index < -0.39 is 0 Å². The van der Waals surface area contributed by atoms with Crippen molar-refractivity contribution in [3.05, 3.63) is 44.9 Å². The molecule has 0 bridgehead atoms. The highest BCUT2D eigenvalue weighted by atomic mass is 35.5. The van der Waals surface area contributed by atoms with Crippen molar-refractivity contribution in [3.8, 4) is 0 Å². The first kappa shape index (κ1) is 15.9. The topological polar surface area (TPSA) is 68.0 Å². The molecule has 1 aromatic carbocycles. The highest BCUT2D eigenvalue weighted by molar-refractivity contribution is 7.09. The second kappa shape index (κ2) is 7.54. The van der Waals surface area contributed by atoms with Gasteiger partial charge in [0.1, 0.15) is 0 Å². The Morgan fingerprint density at radius 1 is 1.48 bits per heavy atom. The van der Waals surface area contributed by atoms with Crippen molar-refractivity contribution in [1.29, 1.82) is 0 Å². The van der Waals surface area contributed by atoms with Crippen LogP contribution in [0.5, 0.6) is 0 Å². The first-order valence-electron chi connectivity index (χ1n) is 6.78. The molecule has 0 saturated carbocycles. The van der Waals surface area contributed by atoms with Crippen LogP contribution in [0.1, 0.15) is 22.7 Å². The number of nitrogens with two attached hydrogens (primary N) is 1. The fraction of sp³-hybridized carbons (Fsp3) is 0.333. The quantitative estimate of drug-likeness (QED) is 0.858. The lowest BCUT2D eigenvalue weighted by Crippen LogP contribution is -2.15. The molecule has 0 fully saturated rings. The number of carbonyl (C=O) groups excluding carboxylic acids is 1. The molecule has 0 spiro atoms. The number of thiazole rings is 1. The van der Waals surface area contributed by atoms with E-state index in [1.807, 2.05) is 18.4 Å². The molecule has 21 heavy (non-hydrogen) atoms. The summed E-state index contributed by atoms with van der Waals surface area (Å²) in [6.45, 7) is 2.59. The van der Waals surface area contributed by atoms with E-state index in [2.05, 4.69) is 10.3 Å². The predicted octanol–water partition coefficient (Wildman–Crippen LogP) is 3.18. The van der Waals surface area contributed by atoms with Crippen LogP contribution in [0.25, 0.3) is 0 Å². The van der Waals surface area contributed by atoms with Crippen LogP contribution in [-0.4, -0.2) is 17.4 Å². The molecule has 0 unspecified atom stereocenters. The summed E-state index contributed by atoms with van der Waals surface area (Å²) >= 11 is 7.52. The third kappa shape index (κ3) is 4.81. The van der Waals surface area contributed by atoms with Gasteiger partial charge in [-0.25, -0.2) is 4.98 Å². The second-order valence-corrected chi connectivity index (χ2v) is 6.19. The fourth-order valence-electron chi connectivity index (χ4n) is 1.89. The number of amides is 1. The van der Waals surface area contributed by atoms with E-state index in [0.717, 1.165) is 34.8 Å². The van der Waals surface area contributed by atoms with Gasteiger partial charge in [-0.2, -0.15) is 0 Å². The molecule has 1 aromatic heterocycles. The van der Waals surface area contributed by atoms with Crippen molar-refractivity contribution in [1.82, 2.24) is 4.98 Å². The second-order valence-electron chi connectivity index (χ2n) is 4.81. The summed E-state index contributed by atoms with van der Waals surface area (Å²) in [4.78, 5) is 16.5. The zero-order chi connectivity index (χ0) is 15.2. The van der Waals surface area contributed by atoms with E-state index in [4.69, 9.17) is 17.3 Å². The van der Waals surface area contributed by atoms with Gasteiger partial charge in [0.2, 0.25) is 5.91 Å². The summed E-state index contributed by atoms with van der Waals surface area (Å²) in [6, 6.07) is 5.44. The molecule has 0 aliphatic rings. The Bertz CT molecular complexity index is 627. The summed E-state index contributed by atoms with van der Waals surface area (Å²) in [7, 11) is 0. The largest absolute Gasteiger partial charge is 0.330 e. The molecule has 4 nitrogen and oxygen atoms in total. The number of rotatable bonds is 6. The number of halogens is 1. The van der Waals surface area contributed by atoms with E-state index in [0.29, 0.717) is 11.6 Å². The van der Waals surface area contributed by atoms with E-state index >= 15 is 0 Å². The molecule has 3 N–H and O–H groups in total. The molecule has 2 rings (SSSR count). The van der Waals surface area contributed by atoms with Gasteiger partial charge in [-0.05, 0) is 37.6 Å². The van der Waals surface area contributed by atoms with E-state index in [1.165, 1.54) is 0 Å². The van der Waals surface area contributed by atoms with Gasteiger partial charge in [0.15, 0.2) is 0 Å². The minimum atomic E-state index is -0.0870. The lowest BCUT2D eigenvalue weighted by atomic mass is 10.2. The predicted molar refractivity (Wildman–Crippen MR) is 88.0 cm³/mol. The van der Waals surface area contributed by atoms with Crippen LogP contribution in [0.2, 0.25) is 5.02 Å². The van der Waals surface area contributed by atoms with Gasteiger partial charge < -0.3 is 11.1 Å². The average molecular weight is 324 g/mol. The molecule has 1 amide bonds. The van der Waals surface area contributed by atoms with Crippen molar-refractivity contribution < 1.29 is 4.79 Å². The Kier molecular flexibility index (Phi) is 5.73. The third-order valence-electron chi connectivity index (χ3n) is 3.01. The molecule has 0 aliphatic carbocycles. The number of aryl methyl sites for hydroxylation is 2. The Labute approximate surface area is 133 Å². The minimum Gasteiger partial charge on any atom is -0.330 e. The minimum absolute atomic E-state index is 0.0870. The molecule has 0 aliphatic heterocycles. The lowest BCUT2D eigenvalue weighted by molar-refractivity contribution is -0.115. The smallest absolute Gasteiger partial charge is 0.230 e. The SMILES string of the molecule is Cc1ccc(Cl)cc1NC(=O)Cc1csc(CCCN)n1. The summed E-state index contributed by atoms with van der Waals surface area (Å²) in [5, 5.41) is 6.44. The van der Waals surface area contributed by atoms with Gasteiger partial charge in [-0.3, -0.25) is 4.79 Å². The highest BCUT2D eigenvalue weighted by Crippen LogP contribution is 2.20. The number of hydrogen-bond donors (Lipinski definition) is 2. The highest BCUT2D eigenvalue weighted by Gasteiger charge is 2.09. The van der Waals surface area contributed by atoms with Crippen LogP contribution in [0.15, 0.2) is 23.6 Å². The maximum absolute atomic E-state index is 12.1. The number of hydrogen-bond acceptors (Lipinski definition) is 4. The van der Waals surface area contributed by atoms with Gasteiger partial charge in [-0.15, -0.1) is 11.3 Å². The van der Waals surface area contributed by atoms with Crippen molar-refractivity contribution in [2.75, 3.05) is 11.9 Å². The molecular formula is C15H18ClN3OS. The van der Waals surface area contributed by atoms with Crippen LogP contribution in [0.4, 0.5) is 5.69 Å². The van der Waals surface area contributed by atoms with Gasteiger partial charge >= 0.3 is 0 Å². The number of anilines is 1. The Morgan fingerprint density at radius 3 is 3.05 bits per heavy atom. The van der Waals surface area contributed by atoms with Gasteiger partial charge in [-0.1, -0.05) is 17.7 Å². The average Bonchev–Trinajstić information content (AvgIpc) is 2.88. The molecule has 2 aromatic rings. The van der Waals surface area contributed by atoms with Crippen LogP contribution in [-0.2, 0) is 17.6 Å². The van der Waals surface area contributed by atoms with Crippen LogP contribution < -0.4 is 11.1 Å². The molecule has 112 valence electrons. The van der Waals surface area contributed by atoms with Crippen LogP contribution in [0, 0.1) is 6.92 Å². The Balaban J connectivity index is 1.95. The first-order chi connectivity index (χ1) is 10.1. The lowest BCUT2D eigenvalue weighted by Gasteiger charge is -2.08. The molecular weight excluding hydrogens is 306 g/mol. The number of aromatic nitrogens is 1. The van der Waals surface area contributed by atoms with E-state index in [1.54, 1.807) is 23.5 Å². The Hall–Kier alpha value is -1.43. The Morgan fingerprint density at radius 2 is 2.29 bits per heavy atom. The number of carbonyl (C=O) groups is 1. The monoisotopic (exact) mass is 323 g/mol. The van der Waals surface area contributed by atoms with Crippen molar-refractivity contribution in [2.24, 2.45) is 5.73 Å². The number of benzene rings is 1. The molecule has 0 radical (unpaired) electrons. The van der Waals surface area contributed by atoms with E-state index in [-0.39, 0.29) is 12.3 Å². The van der Waals surface area contributed by atoms with E-state index in [9.17, 15) is 4.79 Å². The van der Waals surface area contributed by atoms with Gasteiger partial charge in [0.05, 0.1) is 17.1 Å². The molecule has 6 heteroatoms. The molecule has 0 atom stereocenters. The zero-order valence-corrected chi connectivity index (χ0v) is 13.4. The first-order valence-corrected chi connectivity index (χ1v) is 8.03. The summed E-state index contributed by atoms with van der Waals surface area (Å²) in [6.07, 6.45) is 2.06. The van der Waals surface area contributed by atoms with Crippen LogP contribution in [0.3, 0.4) is 0 Å². The molecule has 1 heterocycles. The summed E-state index contributed by atoms with van der Waals surface area (Å²) < 4.78 is 0. The van der Waals surface area contributed by atoms with Crippen molar-refractivity contribution in [2.45, 2.75) is 26.2 Å². The fourth-order valence-corrected chi connectivity index (χ4v) is 2.90. The number of nitrogens with one attached hydrogen (secondary N) is 1. The summed E-state index contributed by atoms with van der Waals surface area (Å²) in [5.74, 6) is -0.0870. The van der Waals surface area contributed by atoms with Gasteiger partial charge in [0, 0.05) is 22.5 Å². The summed E-state index contributed by atoms with van der Waals surface area (Å²) in [5.41, 5.74) is 8.00. The maximum Gasteiger partial charge on any atom is 0.230 e. The third-order valence-corrected chi connectivity index (χ3v) is 4.20. The number of nitrogens with zero attached hydrogens (tertiary/aromatic N) is 1. The van der Waals surface area contributed by atoms with Crippen molar-refractivity contribution in [3.63, 3.8) is 0 Å². The zero-order valence-electron chi connectivity index (χ0n) is 11.9. The van der Waals surface area contributed by atoms with Crippen molar-refractivity contribution >= 4 is 34.5 Å². The maximum atomic E-state index is 12.1. The standard InChI is InChI=1S/C15H18ClN3OS/c1-10-4-5-11(16)7-13(10)19-14(20)8-12-9-21-15(18-12)3-2-6-17/h4-5,7,9H,2-3,6,8,17H2,1H3,(H,19,20). The van der Waals surface area contributed by atoms with Gasteiger partial charge in [0.25, 0.3) is 0 Å². The normalized spacial score (nSPS) is 10.6. The molecule has 0 saturated heterocycles.